The van der Waals surface area contributed by atoms with Crippen LogP contribution < -0.4 is 0 Å². The Morgan fingerprint density at radius 3 is 2.07 bits per heavy atom. The molecule has 1 saturated carbocycles. The normalized spacial score (nSPS) is 42.9. The molecule has 14 heavy (non-hydrogen) atoms. The highest BCUT2D eigenvalue weighted by Crippen LogP contribution is 2.55. The molecule has 0 aromatic rings. The molecule has 0 unspecified atom stereocenters. The van der Waals surface area contributed by atoms with Crippen LogP contribution in [0.2, 0.25) is 0 Å². The van der Waals surface area contributed by atoms with Crippen molar-refractivity contribution in [2.45, 2.75) is 5.25 Å². The minimum Gasteiger partial charge on any atom is -0.481 e. The average Bonchev–Trinajstić information content (AvgIpc) is 2.68. The van der Waals surface area contributed by atoms with Gasteiger partial charge in [-0.2, -0.15) is 0 Å². The SMILES string of the molecule is O=C(O)[C@@H]1[C@@H]2[C@H]1S(=O)(=O)C[C@H]2C(=O)O. The van der Waals surface area contributed by atoms with Gasteiger partial charge >= 0.3 is 11.9 Å². The highest BCUT2D eigenvalue weighted by molar-refractivity contribution is 7.92. The Bertz CT molecular complexity index is 410. The van der Waals surface area contributed by atoms with Gasteiger partial charge in [0, 0.05) is 5.92 Å². The van der Waals surface area contributed by atoms with Gasteiger partial charge < -0.3 is 10.2 Å². The van der Waals surface area contributed by atoms with E-state index in [4.69, 9.17) is 10.2 Å². The molecule has 0 spiro atoms. The van der Waals surface area contributed by atoms with Crippen LogP contribution in [-0.2, 0) is 19.4 Å². The van der Waals surface area contributed by atoms with Crippen molar-refractivity contribution in [1.82, 2.24) is 0 Å². The summed E-state index contributed by atoms with van der Waals surface area (Å²) in [5, 5.41) is 16.4. The standard InChI is InChI=1S/C7H8O6S/c8-6(9)2-1-14(12,13)5-3(2)4(5)7(10)11/h2-5H,1H2,(H,8,9)(H,10,11)/t2-,3-,4-,5-/m1/s1. The maximum absolute atomic E-state index is 11.3. The number of fused-ring (bicyclic) bond motifs is 1. The van der Waals surface area contributed by atoms with Gasteiger partial charge in [-0.05, 0) is 0 Å². The number of carboxylic acid groups (broad SMARTS) is 2. The summed E-state index contributed by atoms with van der Waals surface area (Å²) < 4.78 is 22.6. The molecule has 0 amide bonds. The number of hydrogen-bond donors (Lipinski definition) is 2. The second kappa shape index (κ2) is 2.47. The zero-order valence-electron chi connectivity index (χ0n) is 6.95. The molecule has 1 aliphatic carbocycles. The van der Waals surface area contributed by atoms with Crippen LogP contribution in [-0.4, -0.2) is 41.6 Å². The van der Waals surface area contributed by atoms with Gasteiger partial charge in [0.15, 0.2) is 9.84 Å². The third kappa shape index (κ3) is 1.05. The van der Waals surface area contributed by atoms with Crippen LogP contribution in [0.5, 0.6) is 0 Å². The summed E-state index contributed by atoms with van der Waals surface area (Å²) in [5.41, 5.74) is 0. The first-order chi connectivity index (χ1) is 6.36. The summed E-state index contributed by atoms with van der Waals surface area (Å²) in [6.45, 7) is 0. The molecule has 2 aliphatic rings. The van der Waals surface area contributed by atoms with Gasteiger partial charge in [-0.3, -0.25) is 9.59 Å². The highest BCUT2D eigenvalue weighted by atomic mass is 32.2. The van der Waals surface area contributed by atoms with Crippen molar-refractivity contribution in [3.63, 3.8) is 0 Å². The van der Waals surface area contributed by atoms with Gasteiger partial charge in [-0.1, -0.05) is 0 Å². The highest BCUT2D eigenvalue weighted by Gasteiger charge is 2.71. The molecule has 0 bridgehead atoms. The number of carbonyl (C=O) groups is 2. The smallest absolute Gasteiger partial charge is 0.308 e. The van der Waals surface area contributed by atoms with Crippen LogP contribution in [0.3, 0.4) is 0 Å². The van der Waals surface area contributed by atoms with Gasteiger partial charge in [0.25, 0.3) is 0 Å². The Kier molecular flexibility index (Phi) is 1.67. The van der Waals surface area contributed by atoms with Crippen LogP contribution >= 0.6 is 0 Å². The summed E-state index contributed by atoms with van der Waals surface area (Å²) in [7, 11) is -3.50. The minimum absolute atomic E-state index is 0.415. The fraction of sp³-hybridized carbons (Fsp3) is 0.714. The summed E-state index contributed by atoms with van der Waals surface area (Å²) in [4.78, 5) is 21.2. The number of sulfone groups is 1. The predicted octanol–water partition coefficient (Wildman–Crippen LogP) is -1.19. The largest absolute Gasteiger partial charge is 0.481 e. The van der Waals surface area contributed by atoms with Gasteiger partial charge in [0.2, 0.25) is 0 Å². The Morgan fingerprint density at radius 1 is 1.14 bits per heavy atom. The first kappa shape index (κ1) is 9.45. The van der Waals surface area contributed by atoms with Gasteiger partial charge in [0.05, 0.1) is 22.8 Å². The van der Waals surface area contributed by atoms with E-state index < -0.39 is 50.5 Å². The van der Waals surface area contributed by atoms with E-state index in [9.17, 15) is 18.0 Å². The lowest BCUT2D eigenvalue weighted by atomic mass is 10.1. The van der Waals surface area contributed by atoms with E-state index in [1.807, 2.05) is 0 Å². The summed E-state index contributed by atoms with van der Waals surface area (Å²) in [6.07, 6.45) is 0. The van der Waals surface area contributed by atoms with Crippen LogP contribution in [0.25, 0.3) is 0 Å². The Morgan fingerprint density at radius 2 is 1.71 bits per heavy atom. The molecule has 1 heterocycles. The zero-order valence-corrected chi connectivity index (χ0v) is 7.77. The van der Waals surface area contributed by atoms with Crippen LogP contribution in [0, 0.1) is 17.8 Å². The zero-order chi connectivity index (χ0) is 10.7. The van der Waals surface area contributed by atoms with E-state index in [0.717, 1.165) is 0 Å². The molecular weight excluding hydrogens is 212 g/mol. The first-order valence-electron chi connectivity index (χ1n) is 4.03. The number of carboxylic acids is 2. The topological polar surface area (TPSA) is 109 Å². The van der Waals surface area contributed by atoms with E-state index in [1.165, 1.54) is 0 Å². The van der Waals surface area contributed by atoms with Crippen molar-refractivity contribution in [3.05, 3.63) is 0 Å². The lowest BCUT2D eigenvalue weighted by Crippen LogP contribution is -2.24. The van der Waals surface area contributed by atoms with Gasteiger partial charge in [-0.15, -0.1) is 0 Å². The van der Waals surface area contributed by atoms with Crippen molar-refractivity contribution in [3.8, 4) is 0 Å². The van der Waals surface area contributed by atoms with Gasteiger partial charge in [-0.25, -0.2) is 8.42 Å². The predicted molar refractivity (Wildman–Crippen MR) is 43.3 cm³/mol. The van der Waals surface area contributed by atoms with Gasteiger partial charge in [0.1, 0.15) is 0 Å². The van der Waals surface area contributed by atoms with Crippen LogP contribution in [0.1, 0.15) is 0 Å². The summed E-state index contributed by atoms with van der Waals surface area (Å²) in [5.74, 6) is -5.60. The maximum atomic E-state index is 11.3. The molecule has 0 aromatic heterocycles. The molecule has 1 aliphatic heterocycles. The quantitative estimate of drug-likeness (QED) is 0.606. The van der Waals surface area contributed by atoms with Crippen molar-refractivity contribution in [2.24, 2.45) is 17.8 Å². The molecule has 2 N–H and O–H groups in total. The van der Waals surface area contributed by atoms with E-state index in [2.05, 4.69) is 0 Å². The van der Waals surface area contributed by atoms with E-state index in [-0.39, 0.29) is 0 Å². The fourth-order valence-corrected chi connectivity index (χ4v) is 4.84. The lowest BCUT2D eigenvalue weighted by molar-refractivity contribution is -0.142. The van der Waals surface area contributed by atoms with Crippen molar-refractivity contribution in [1.29, 1.82) is 0 Å². The number of hydrogen-bond acceptors (Lipinski definition) is 4. The van der Waals surface area contributed by atoms with E-state index in [0.29, 0.717) is 0 Å². The molecule has 2 rings (SSSR count). The molecule has 0 radical (unpaired) electrons. The average molecular weight is 220 g/mol. The van der Waals surface area contributed by atoms with Crippen molar-refractivity contribution in [2.75, 3.05) is 5.75 Å². The monoisotopic (exact) mass is 220 g/mol. The fourth-order valence-electron chi connectivity index (χ4n) is 2.26. The summed E-state index contributed by atoms with van der Waals surface area (Å²) >= 11 is 0. The Labute approximate surface area is 79.5 Å². The molecule has 0 aromatic carbocycles. The van der Waals surface area contributed by atoms with E-state index in [1.54, 1.807) is 0 Å². The van der Waals surface area contributed by atoms with Crippen LogP contribution in [0.4, 0.5) is 0 Å². The first-order valence-corrected chi connectivity index (χ1v) is 5.75. The molecule has 78 valence electrons. The van der Waals surface area contributed by atoms with Crippen molar-refractivity contribution >= 4 is 21.8 Å². The minimum atomic E-state index is -3.50. The molecule has 1 saturated heterocycles. The van der Waals surface area contributed by atoms with E-state index >= 15 is 0 Å². The number of aliphatic carboxylic acids is 2. The van der Waals surface area contributed by atoms with Crippen LogP contribution in [0.15, 0.2) is 0 Å². The molecule has 6 nitrogen and oxygen atoms in total. The Hall–Kier alpha value is -1.11. The molecule has 4 atom stereocenters. The molecular formula is C7H8O6S. The molecule has 2 fully saturated rings. The van der Waals surface area contributed by atoms with Crippen molar-refractivity contribution < 1.29 is 28.2 Å². The maximum Gasteiger partial charge on any atom is 0.308 e. The lowest BCUT2D eigenvalue weighted by Gasteiger charge is -2.05. The third-order valence-corrected chi connectivity index (χ3v) is 5.16. The third-order valence-electron chi connectivity index (χ3n) is 2.90. The Balaban J connectivity index is 2.32. The second-order valence-corrected chi connectivity index (χ2v) is 5.88. The summed E-state index contributed by atoms with van der Waals surface area (Å²) in [6, 6.07) is 0. The number of rotatable bonds is 2. The molecule has 7 heteroatoms. The second-order valence-electron chi connectivity index (χ2n) is 3.68.